The van der Waals surface area contributed by atoms with E-state index in [1.165, 1.54) is 20.1 Å². The van der Waals surface area contributed by atoms with Crippen LogP contribution >= 0.6 is 11.6 Å². The van der Waals surface area contributed by atoms with Crippen LogP contribution in [0.4, 0.5) is 0 Å². The number of carbonyl (C=O) groups is 2. The monoisotopic (exact) mass is 425 g/mol. The fraction of sp³-hybridized carbons (Fsp3) is 0.545. The van der Waals surface area contributed by atoms with Crippen molar-refractivity contribution < 1.29 is 23.8 Å². The Morgan fingerprint density at radius 2 is 1.83 bits per heavy atom. The Hall–Kier alpha value is -1.89. The summed E-state index contributed by atoms with van der Waals surface area (Å²) in [6, 6.07) is 5.62. The van der Waals surface area contributed by atoms with Crippen molar-refractivity contribution in [3.8, 4) is 0 Å². The highest BCUT2D eigenvalue weighted by molar-refractivity contribution is 6.30. The summed E-state index contributed by atoms with van der Waals surface area (Å²) >= 11 is 6.20. The van der Waals surface area contributed by atoms with Crippen molar-refractivity contribution in [2.24, 2.45) is 0 Å². The Morgan fingerprint density at radius 1 is 1.17 bits per heavy atom. The molecule has 0 aliphatic heterocycles. The molecule has 0 saturated carbocycles. The quantitative estimate of drug-likeness (QED) is 0.286. The normalized spacial score (nSPS) is 11.6. The minimum atomic E-state index is -0.487. The number of aryl methyl sites for hydroxylation is 1. The Kier molecular flexibility index (Phi) is 11.6. The molecule has 6 nitrogen and oxygen atoms in total. The molecule has 0 bridgehead atoms. The number of rotatable bonds is 12. The van der Waals surface area contributed by atoms with Crippen LogP contribution in [-0.4, -0.2) is 56.5 Å². The molecule has 162 valence electrons. The topological polar surface area (TPSA) is 65.1 Å². The van der Waals surface area contributed by atoms with Crippen LogP contribution in [0.2, 0.25) is 5.02 Å². The van der Waals surface area contributed by atoms with Crippen molar-refractivity contribution in [2.75, 3.05) is 33.4 Å². The highest BCUT2D eigenvalue weighted by Crippen LogP contribution is 2.27. The first-order chi connectivity index (χ1) is 13.9. The number of amides is 1. The zero-order valence-electron chi connectivity index (χ0n) is 18.0. The summed E-state index contributed by atoms with van der Waals surface area (Å²) in [5.41, 5.74) is 2.73. The number of benzene rings is 1. The Labute approximate surface area is 178 Å². The second-order valence-corrected chi connectivity index (χ2v) is 6.84. The van der Waals surface area contributed by atoms with Gasteiger partial charge < -0.3 is 19.1 Å². The van der Waals surface area contributed by atoms with Crippen molar-refractivity contribution in [2.45, 2.75) is 46.8 Å². The Morgan fingerprint density at radius 3 is 2.34 bits per heavy atom. The standard InChI is InChI=1S/C22H32ClNO5/c1-6-17-9-10-19(23)14-20(17)18(13-21(26)27-5)11-12-24(16(4)25)15-22(28-7-2)29-8-3/h9-10,13-14,22H,6-8,11-12,15H2,1-5H3/b18-13-. The van der Waals surface area contributed by atoms with E-state index in [-0.39, 0.29) is 5.91 Å². The second-order valence-electron chi connectivity index (χ2n) is 6.40. The maximum Gasteiger partial charge on any atom is 0.330 e. The van der Waals surface area contributed by atoms with Crippen LogP contribution in [0.1, 0.15) is 45.2 Å². The lowest BCUT2D eigenvalue weighted by Gasteiger charge is -2.27. The van der Waals surface area contributed by atoms with Crippen molar-refractivity contribution >= 4 is 29.1 Å². The molecule has 0 radical (unpaired) electrons. The van der Waals surface area contributed by atoms with Gasteiger partial charge in [-0.25, -0.2) is 4.79 Å². The summed E-state index contributed by atoms with van der Waals surface area (Å²) in [7, 11) is 1.34. The molecule has 1 rings (SSSR count). The van der Waals surface area contributed by atoms with Crippen molar-refractivity contribution in [3.63, 3.8) is 0 Å². The van der Waals surface area contributed by atoms with E-state index in [2.05, 4.69) is 0 Å². The SMILES string of the molecule is CCOC(CN(CC/C(=C/C(=O)OC)c1cc(Cl)ccc1CC)C(C)=O)OCC. The summed E-state index contributed by atoms with van der Waals surface area (Å²) in [6.45, 7) is 9.02. The zero-order chi connectivity index (χ0) is 21.8. The molecule has 7 heteroatoms. The van der Waals surface area contributed by atoms with Gasteiger partial charge in [-0.3, -0.25) is 4.79 Å². The molecule has 0 spiro atoms. The lowest BCUT2D eigenvalue weighted by molar-refractivity contribution is -0.157. The van der Waals surface area contributed by atoms with E-state index < -0.39 is 12.3 Å². The minimum absolute atomic E-state index is 0.0892. The zero-order valence-corrected chi connectivity index (χ0v) is 18.8. The molecule has 0 saturated heterocycles. The maximum absolute atomic E-state index is 12.2. The van der Waals surface area contributed by atoms with Crippen LogP contribution in [0.5, 0.6) is 0 Å². The fourth-order valence-corrected chi connectivity index (χ4v) is 3.15. The summed E-state index contributed by atoms with van der Waals surface area (Å²) < 4.78 is 16.0. The Bertz CT molecular complexity index is 698. The van der Waals surface area contributed by atoms with Gasteiger partial charge in [0.15, 0.2) is 6.29 Å². The summed E-state index contributed by atoms with van der Waals surface area (Å²) in [4.78, 5) is 25.8. The van der Waals surface area contributed by atoms with Gasteiger partial charge in [0.2, 0.25) is 5.91 Å². The first-order valence-electron chi connectivity index (χ1n) is 9.92. The van der Waals surface area contributed by atoms with E-state index in [9.17, 15) is 9.59 Å². The molecule has 1 aromatic carbocycles. The molecule has 0 fully saturated rings. The summed E-state index contributed by atoms with van der Waals surface area (Å²) in [5, 5.41) is 0.587. The van der Waals surface area contributed by atoms with Gasteiger partial charge in [-0.1, -0.05) is 24.6 Å². The summed E-state index contributed by atoms with van der Waals surface area (Å²) in [5.74, 6) is -0.536. The minimum Gasteiger partial charge on any atom is -0.466 e. The molecule has 1 aromatic rings. The average Bonchev–Trinajstić information content (AvgIpc) is 2.69. The van der Waals surface area contributed by atoms with Gasteiger partial charge in [-0.15, -0.1) is 0 Å². The van der Waals surface area contributed by atoms with E-state index in [1.807, 2.05) is 39.0 Å². The van der Waals surface area contributed by atoms with Gasteiger partial charge >= 0.3 is 5.97 Å². The van der Waals surface area contributed by atoms with E-state index in [1.54, 1.807) is 4.90 Å². The van der Waals surface area contributed by atoms with Gasteiger partial charge in [-0.2, -0.15) is 0 Å². The lowest BCUT2D eigenvalue weighted by Crippen LogP contribution is -2.39. The third kappa shape index (κ3) is 8.56. The van der Waals surface area contributed by atoms with Gasteiger partial charge in [0.25, 0.3) is 0 Å². The van der Waals surface area contributed by atoms with E-state index in [4.69, 9.17) is 25.8 Å². The first-order valence-corrected chi connectivity index (χ1v) is 10.3. The third-order valence-electron chi connectivity index (χ3n) is 4.46. The number of carbonyl (C=O) groups excluding carboxylic acids is 2. The molecular weight excluding hydrogens is 394 g/mol. The molecule has 0 aliphatic rings. The predicted octanol–water partition coefficient (Wildman–Crippen LogP) is 4.10. The first kappa shape index (κ1) is 25.1. The van der Waals surface area contributed by atoms with Gasteiger partial charge in [-0.05, 0) is 55.5 Å². The summed E-state index contributed by atoms with van der Waals surface area (Å²) in [6.07, 6.45) is 2.23. The molecule has 0 unspecified atom stereocenters. The molecule has 0 heterocycles. The van der Waals surface area contributed by atoms with Crippen LogP contribution in [0.25, 0.3) is 5.57 Å². The number of ether oxygens (including phenoxy) is 3. The predicted molar refractivity (Wildman–Crippen MR) is 115 cm³/mol. The van der Waals surface area contributed by atoms with Crippen molar-refractivity contribution in [1.82, 2.24) is 4.90 Å². The molecule has 0 aromatic heterocycles. The average molecular weight is 426 g/mol. The maximum atomic E-state index is 12.2. The number of methoxy groups -OCH3 is 1. The van der Waals surface area contributed by atoms with Gasteiger partial charge in [0, 0.05) is 37.8 Å². The molecule has 0 aliphatic carbocycles. The third-order valence-corrected chi connectivity index (χ3v) is 4.70. The number of halogens is 1. The van der Waals surface area contributed by atoms with Crippen molar-refractivity contribution in [1.29, 1.82) is 0 Å². The smallest absolute Gasteiger partial charge is 0.330 e. The second kappa shape index (κ2) is 13.4. The fourth-order valence-electron chi connectivity index (χ4n) is 2.98. The lowest BCUT2D eigenvalue weighted by atomic mass is 9.95. The van der Waals surface area contributed by atoms with Crippen LogP contribution in [-0.2, 0) is 30.2 Å². The van der Waals surface area contributed by atoms with Gasteiger partial charge in [0.05, 0.1) is 13.7 Å². The number of nitrogens with zero attached hydrogens (tertiary/aromatic N) is 1. The highest BCUT2D eigenvalue weighted by Gasteiger charge is 2.19. The number of hydrogen-bond acceptors (Lipinski definition) is 5. The van der Waals surface area contributed by atoms with E-state index in [0.29, 0.717) is 37.7 Å². The molecule has 0 atom stereocenters. The van der Waals surface area contributed by atoms with E-state index >= 15 is 0 Å². The number of esters is 1. The van der Waals surface area contributed by atoms with Crippen LogP contribution < -0.4 is 0 Å². The van der Waals surface area contributed by atoms with Crippen molar-refractivity contribution in [3.05, 3.63) is 40.4 Å². The molecule has 29 heavy (non-hydrogen) atoms. The van der Waals surface area contributed by atoms with Crippen LogP contribution in [0.3, 0.4) is 0 Å². The van der Waals surface area contributed by atoms with Crippen LogP contribution in [0.15, 0.2) is 24.3 Å². The molecule has 1 amide bonds. The van der Waals surface area contributed by atoms with Gasteiger partial charge in [0.1, 0.15) is 0 Å². The molecule has 0 N–H and O–H groups in total. The van der Waals surface area contributed by atoms with E-state index in [0.717, 1.165) is 23.1 Å². The molecular formula is C22H32ClNO5. The van der Waals surface area contributed by atoms with Crippen LogP contribution in [0, 0.1) is 0 Å². The highest BCUT2D eigenvalue weighted by atomic mass is 35.5. The Balaban J connectivity index is 3.10. The number of hydrogen-bond donors (Lipinski definition) is 0. The largest absolute Gasteiger partial charge is 0.466 e.